The average Bonchev–Trinajstić information content (AvgIpc) is 2.49. The lowest BCUT2D eigenvalue weighted by molar-refractivity contribution is -0.156. The molecule has 0 bridgehead atoms. The number of likely N-dealkylation sites (tertiary alicyclic amines) is 1. The summed E-state index contributed by atoms with van der Waals surface area (Å²) < 4.78 is 4.90. The van der Waals surface area contributed by atoms with Crippen LogP contribution < -0.4 is 0 Å². The van der Waals surface area contributed by atoms with Gasteiger partial charge in [0.1, 0.15) is 6.61 Å². The smallest absolute Gasteiger partial charge is 0.410 e. The number of carbonyl (C=O) groups excluding carboxylic acids is 1. The SMILES string of the molecule is C=CCOC(=O)N1C[C@@H]2CC[C@]2(C(=O)O)C1. The van der Waals surface area contributed by atoms with Crippen molar-refractivity contribution in [1.82, 2.24) is 4.90 Å². The number of hydrogen-bond acceptors (Lipinski definition) is 3. The summed E-state index contributed by atoms with van der Waals surface area (Å²) in [5.41, 5.74) is -0.701. The molecule has 0 aromatic rings. The highest BCUT2D eigenvalue weighted by Crippen LogP contribution is 2.52. The summed E-state index contributed by atoms with van der Waals surface area (Å²) in [7, 11) is 0. The molecule has 2 aliphatic rings. The van der Waals surface area contributed by atoms with Crippen LogP contribution in [0.1, 0.15) is 12.8 Å². The van der Waals surface area contributed by atoms with Crippen molar-refractivity contribution < 1.29 is 19.4 Å². The largest absolute Gasteiger partial charge is 0.481 e. The van der Waals surface area contributed by atoms with E-state index in [2.05, 4.69) is 6.58 Å². The Bertz CT molecular complexity index is 341. The number of carboxylic acid groups (broad SMARTS) is 1. The van der Waals surface area contributed by atoms with Crippen LogP contribution in [-0.4, -0.2) is 41.8 Å². The molecule has 1 aliphatic heterocycles. The third kappa shape index (κ3) is 1.47. The molecule has 88 valence electrons. The molecule has 1 saturated heterocycles. The Balaban J connectivity index is 1.99. The first-order valence-electron chi connectivity index (χ1n) is 5.36. The van der Waals surface area contributed by atoms with Crippen molar-refractivity contribution in [2.75, 3.05) is 19.7 Å². The van der Waals surface area contributed by atoms with Crippen LogP contribution in [0.3, 0.4) is 0 Å². The molecule has 1 heterocycles. The summed E-state index contributed by atoms with van der Waals surface area (Å²) in [6.45, 7) is 4.40. The number of carbonyl (C=O) groups is 2. The van der Waals surface area contributed by atoms with E-state index in [4.69, 9.17) is 4.74 Å². The summed E-state index contributed by atoms with van der Waals surface area (Å²) in [6.07, 6.45) is 2.61. The van der Waals surface area contributed by atoms with Crippen molar-refractivity contribution in [1.29, 1.82) is 0 Å². The summed E-state index contributed by atoms with van der Waals surface area (Å²) in [5.74, 6) is -0.691. The lowest BCUT2D eigenvalue weighted by Gasteiger charge is -2.39. The maximum absolute atomic E-state index is 11.6. The highest BCUT2D eigenvalue weighted by Gasteiger charge is 2.59. The number of ether oxygens (including phenoxy) is 1. The van der Waals surface area contributed by atoms with Crippen molar-refractivity contribution in [3.05, 3.63) is 12.7 Å². The van der Waals surface area contributed by atoms with E-state index in [1.165, 1.54) is 11.0 Å². The summed E-state index contributed by atoms with van der Waals surface area (Å²) in [6, 6.07) is 0. The zero-order chi connectivity index (χ0) is 11.8. The molecular formula is C11H15NO4. The molecule has 0 unspecified atom stereocenters. The van der Waals surface area contributed by atoms with Gasteiger partial charge in [0, 0.05) is 13.1 Å². The van der Waals surface area contributed by atoms with E-state index in [0.29, 0.717) is 13.0 Å². The molecule has 2 atom stereocenters. The van der Waals surface area contributed by atoms with E-state index in [9.17, 15) is 14.7 Å². The third-order valence-electron chi connectivity index (χ3n) is 3.64. The Morgan fingerprint density at radius 3 is 2.81 bits per heavy atom. The quantitative estimate of drug-likeness (QED) is 0.730. The number of rotatable bonds is 3. The molecule has 0 aromatic carbocycles. The topological polar surface area (TPSA) is 66.8 Å². The molecule has 1 amide bonds. The fourth-order valence-electron chi connectivity index (χ4n) is 2.55. The molecule has 16 heavy (non-hydrogen) atoms. The molecular weight excluding hydrogens is 210 g/mol. The molecule has 1 aliphatic carbocycles. The number of fused-ring (bicyclic) bond motifs is 1. The molecule has 0 aromatic heterocycles. The Labute approximate surface area is 93.7 Å². The second-order valence-electron chi connectivity index (χ2n) is 4.44. The zero-order valence-electron chi connectivity index (χ0n) is 9.02. The first-order chi connectivity index (χ1) is 7.60. The molecule has 1 saturated carbocycles. The van der Waals surface area contributed by atoms with E-state index in [1.807, 2.05) is 0 Å². The summed E-state index contributed by atoms with van der Waals surface area (Å²) in [5, 5.41) is 9.17. The van der Waals surface area contributed by atoms with Gasteiger partial charge >= 0.3 is 12.1 Å². The van der Waals surface area contributed by atoms with Crippen LogP contribution in [0, 0.1) is 11.3 Å². The fraction of sp³-hybridized carbons (Fsp3) is 0.636. The fourth-order valence-corrected chi connectivity index (χ4v) is 2.55. The van der Waals surface area contributed by atoms with Gasteiger partial charge in [0.05, 0.1) is 5.41 Å². The minimum absolute atomic E-state index is 0.0984. The van der Waals surface area contributed by atoms with Crippen LogP contribution in [0.15, 0.2) is 12.7 Å². The molecule has 2 fully saturated rings. The van der Waals surface area contributed by atoms with Gasteiger partial charge in [0.15, 0.2) is 0 Å². The Morgan fingerprint density at radius 2 is 2.38 bits per heavy atom. The Kier molecular flexibility index (Phi) is 2.61. The molecule has 2 rings (SSSR count). The van der Waals surface area contributed by atoms with Crippen molar-refractivity contribution in [2.24, 2.45) is 11.3 Å². The highest BCUT2D eigenvalue weighted by atomic mass is 16.6. The number of nitrogens with zero attached hydrogens (tertiary/aromatic N) is 1. The molecule has 5 nitrogen and oxygen atoms in total. The lowest BCUT2D eigenvalue weighted by atomic mass is 9.62. The van der Waals surface area contributed by atoms with Crippen LogP contribution in [-0.2, 0) is 9.53 Å². The van der Waals surface area contributed by atoms with Crippen molar-refractivity contribution in [2.45, 2.75) is 12.8 Å². The van der Waals surface area contributed by atoms with Gasteiger partial charge in [-0.15, -0.1) is 0 Å². The van der Waals surface area contributed by atoms with Gasteiger partial charge in [-0.05, 0) is 18.8 Å². The standard InChI is InChI=1S/C11H15NO4/c1-2-5-16-10(15)12-6-8-3-4-11(8,7-12)9(13)14/h2,8H,1,3-7H2,(H,13,14)/t8-,11-/m0/s1. The first-order valence-corrected chi connectivity index (χ1v) is 5.36. The van der Waals surface area contributed by atoms with E-state index >= 15 is 0 Å². The lowest BCUT2D eigenvalue weighted by Crippen LogP contribution is -2.46. The maximum Gasteiger partial charge on any atom is 0.410 e. The molecule has 0 radical (unpaired) electrons. The second-order valence-corrected chi connectivity index (χ2v) is 4.44. The minimum Gasteiger partial charge on any atom is -0.481 e. The van der Waals surface area contributed by atoms with E-state index in [-0.39, 0.29) is 19.1 Å². The highest BCUT2D eigenvalue weighted by molar-refractivity contribution is 5.79. The van der Waals surface area contributed by atoms with Crippen LogP contribution in [0.5, 0.6) is 0 Å². The van der Waals surface area contributed by atoms with Crippen molar-refractivity contribution in [3.63, 3.8) is 0 Å². The average molecular weight is 225 g/mol. The summed E-state index contributed by atoms with van der Waals surface area (Å²) in [4.78, 5) is 24.2. The van der Waals surface area contributed by atoms with Gasteiger partial charge in [-0.2, -0.15) is 0 Å². The first kappa shape index (κ1) is 11.0. The van der Waals surface area contributed by atoms with Gasteiger partial charge in [-0.1, -0.05) is 12.7 Å². The minimum atomic E-state index is -0.789. The third-order valence-corrected chi connectivity index (χ3v) is 3.64. The van der Waals surface area contributed by atoms with Gasteiger partial charge < -0.3 is 14.7 Å². The normalized spacial score (nSPS) is 31.5. The van der Waals surface area contributed by atoms with Crippen molar-refractivity contribution >= 4 is 12.1 Å². The number of amides is 1. The van der Waals surface area contributed by atoms with E-state index < -0.39 is 17.5 Å². The molecule has 0 spiro atoms. The predicted molar refractivity (Wildman–Crippen MR) is 55.9 cm³/mol. The Hall–Kier alpha value is -1.52. The van der Waals surface area contributed by atoms with Crippen LogP contribution in [0.25, 0.3) is 0 Å². The second kappa shape index (κ2) is 3.81. The number of carboxylic acids is 1. The monoisotopic (exact) mass is 225 g/mol. The maximum atomic E-state index is 11.6. The number of hydrogen-bond donors (Lipinski definition) is 1. The van der Waals surface area contributed by atoms with E-state index in [1.54, 1.807) is 0 Å². The zero-order valence-corrected chi connectivity index (χ0v) is 9.02. The van der Waals surface area contributed by atoms with Gasteiger partial charge in [-0.3, -0.25) is 4.79 Å². The van der Waals surface area contributed by atoms with Crippen LogP contribution >= 0.6 is 0 Å². The van der Waals surface area contributed by atoms with Gasteiger partial charge in [-0.25, -0.2) is 4.79 Å². The Morgan fingerprint density at radius 1 is 1.62 bits per heavy atom. The predicted octanol–water partition coefficient (Wildman–Crippen LogP) is 1.11. The number of aliphatic carboxylic acids is 1. The van der Waals surface area contributed by atoms with Crippen LogP contribution in [0.2, 0.25) is 0 Å². The summed E-state index contributed by atoms with van der Waals surface area (Å²) >= 11 is 0. The molecule has 5 heteroatoms. The molecule has 1 N–H and O–H groups in total. The van der Waals surface area contributed by atoms with Gasteiger partial charge in [0.2, 0.25) is 0 Å². The van der Waals surface area contributed by atoms with Crippen LogP contribution in [0.4, 0.5) is 4.79 Å². The van der Waals surface area contributed by atoms with Gasteiger partial charge in [0.25, 0.3) is 0 Å². The van der Waals surface area contributed by atoms with Crippen molar-refractivity contribution in [3.8, 4) is 0 Å². The van der Waals surface area contributed by atoms with E-state index in [0.717, 1.165) is 6.42 Å².